The van der Waals surface area contributed by atoms with E-state index in [0.717, 1.165) is 0 Å². The van der Waals surface area contributed by atoms with E-state index in [4.69, 9.17) is 5.73 Å². The average Bonchev–Trinajstić information content (AvgIpc) is 2.30. The number of likely N-dealkylation sites (N-methyl/N-ethyl adjacent to an activating group) is 1. The van der Waals surface area contributed by atoms with Gasteiger partial charge in [-0.3, -0.25) is 14.6 Å². The number of hydrogen-bond acceptors (Lipinski definition) is 4. The fourth-order valence-electron chi connectivity index (χ4n) is 1.28. The molecular weight excluding hydrogens is 220 g/mol. The number of nitrogens with zero attached hydrogens (tertiary/aromatic N) is 1. The molecule has 6 nitrogen and oxygen atoms in total. The lowest BCUT2D eigenvalue weighted by atomic mass is 10.2. The number of hydrogen-bond donors (Lipinski definition) is 3. The quantitative estimate of drug-likeness (QED) is 0.654. The third kappa shape index (κ3) is 4.10. The van der Waals surface area contributed by atoms with E-state index in [-0.39, 0.29) is 18.2 Å². The van der Waals surface area contributed by atoms with E-state index in [0.29, 0.717) is 11.4 Å². The van der Waals surface area contributed by atoms with Gasteiger partial charge in [0.05, 0.1) is 18.3 Å². The summed E-state index contributed by atoms with van der Waals surface area (Å²) in [6, 6.07) is 2.80. The molecule has 4 N–H and O–H groups in total. The molecule has 1 atom stereocenters. The van der Waals surface area contributed by atoms with Crippen LogP contribution in [0.15, 0.2) is 18.3 Å². The fraction of sp³-hybridized carbons (Fsp3) is 0.364. The van der Waals surface area contributed by atoms with Crippen LogP contribution in [-0.2, 0) is 16.0 Å². The minimum atomic E-state index is -0.554. The van der Waals surface area contributed by atoms with Crippen molar-refractivity contribution in [3.63, 3.8) is 0 Å². The molecule has 0 aromatic carbocycles. The first-order valence-electron chi connectivity index (χ1n) is 5.24. The highest BCUT2D eigenvalue weighted by Crippen LogP contribution is 2.01. The highest BCUT2D eigenvalue weighted by Gasteiger charge is 2.14. The van der Waals surface area contributed by atoms with Gasteiger partial charge in [-0.15, -0.1) is 0 Å². The lowest BCUT2D eigenvalue weighted by Crippen LogP contribution is -2.44. The Bertz CT molecular complexity index is 402. The molecule has 0 saturated carbocycles. The van der Waals surface area contributed by atoms with Crippen molar-refractivity contribution >= 4 is 17.5 Å². The number of anilines is 1. The van der Waals surface area contributed by atoms with Gasteiger partial charge in [-0.05, 0) is 19.1 Å². The number of nitrogens with one attached hydrogen (secondary N) is 2. The molecule has 1 aromatic heterocycles. The zero-order chi connectivity index (χ0) is 12.8. The summed E-state index contributed by atoms with van der Waals surface area (Å²) in [7, 11) is 1.52. The second kappa shape index (κ2) is 5.83. The van der Waals surface area contributed by atoms with E-state index in [1.807, 2.05) is 0 Å². The van der Waals surface area contributed by atoms with Crippen molar-refractivity contribution in [2.45, 2.75) is 19.4 Å². The van der Waals surface area contributed by atoms with Crippen LogP contribution in [-0.4, -0.2) is 29.9 Å². The number of rotatable bonds is 4. The predicted molar refractivity (Wildman–Crippen MR) is 64.0 cm³/mol. The van der Waals surface area contributed by atoms with Crippen LogP contribution < -0.4 is 16.4 Å². The lowest BCUT2D eigenvalue weighted by molar-refractivity contribution is -0.128. The Morgan fingerprint density at radius 2 is 2.18 bits per heavy atom. The van der Waals surface area contributed by atoms with Gasteiger partial charge in [-0.25, -0.2) is 0 Å². The van der Waals surface area contributed by atoms with E-state index >= 15 is 0 Å². The molecule has 0 aliphatic carbocycles. The van der Waals surface area contributed by atoms with Gasteiger partial charge < -0.3 is 16.4 Å². The van der Waals surface area contributed by atoms with Crippen LogP contribution in [0.1, 0.15) is 12.6 Å². The summed E-state index contributed by atoms with van der Waals surface area (Å²) < 4.78 is 0. The van der Waals surface area contributed by atoms with E-state index in [1.54, 1.807) is 19.1 Å². The highest BCUT2D eigenvalue weighted by molar-refractivity contribution is 5.87. The maximum Gasteiger partial charge on any atom is 0.242 e. The van der Waals surface area contributed by atoms with Crippen LogP contribution in [0.5, 0.6) is 0 Å². The monoisotopic (exact) mass is 236 g/mol. The fourth-order valence-corrected chi connectivity index (χ4v) is 1.28. The maximum atomic E-state index is 11.6. The van der Waals surface area contributed by atoms with Crippen molar-refractivity contribution in [3.05, 3.63) is 24.0 Å². The van der Waals surface area contributed by atoms with Crippen molar-refractivity contribution in [3.8, 4) is 0 Å². The standard InChI is InChI=1S/C11H16N4O2/c1-7(11(17)13-2)15-10(16)5-9-4-3-8(12)6-14-9/h3-4,6-7H,5,12H2,1-2H3,(H,13,17)(H,15,16). The minimum Gasteiger partial charge on any atom is -0.397 e. The second-order valence-corrected chi connectivity index (χ2v) is 3.66. The molecule has 0 fully saturated rings. The van der Waals surface area contributed by atoms with E-state index < -0.39 is 6.04 Å². The van der Waals surface area contributed by atoms with Gasteiger partial charge in [-0.1, -0.05) is 0 Å². The molecule has 1 rings (SSSR count). The molecule has 0 spiro atoms. The summed E-state index contributed by atoms with van der Waals surface area (Å²) in [5.74, 6) is -0.484. The minimum absolute atomic E-state index is 0.127. The van der Waals surface area contributed by atoms with Crippen LogP contribution in [0.2, 0.25) is 0 Å². The first-order chi connectivity index (χ1) is 8.02. The summed E-state index contributed by atoms with van der Waals surface area (Å²) in [6.45, 7) is 1.62. The predicted octanol–water partition coefficient (Wildman–Crippen LogP) is -0.543. The van der Waals surface area contributed by atoms with Gasteiger partial charge >= 0.3 is 0 Å². The van der Waals surface area contributed by atoms with Gasteiger partial charge in [0, 0.05) is 12.7 Å². The third-order valence-electron chi connectivity index (χ3n) is 2.21. The molecule has 1 aromatic rings. The number of carbonyl (C=O) groups is 2. The second-order valence-electron chi connectivity index (χ2n) is 3.66. The molecule has 17 heavy (non-hydrogen) atoms. The van der Waals surface area contributed by atoms with Crippen LogP contribution in [0.25, 0.3) is 0 Å². The number of amides is 2. The molecule has 0 aliphatic rings. The van der Waals surface area contributed by atoms with Crippen molar-refractivity contribution < 1.29 is 9.59 Å². The van der Waals surface area contributed by atoms with Crippen LogP contribution >= 0.6 is 0 Å². The first kappa shape index (κ1) is 13.0. The topological polar surface area (TPSA) is 97.1 Å². The zero-order valence-corrected chi connectivity index (χ0v) is 9.86. The molecule has 0 aliphatic heterocycles. The maximum absolute atomic E-state index is 11.6. The summed E-state index contributed by atoms with van der Waals surface area (Å²) in [5, 5.41) is 5.03. The van der Waals surface area contributed by atoms with Crippen molar-refractivity contribution in [1.29, 1.82) is 0 Å². The van der Waals surface area contributed by atoms with E-state index in [2.05, 4.69) is 15.6 Å². The molecule has 1 heterocycles. The molecule has 92 valence electrons. The molecule has 2 amide bonds. The molecule has 0 bridgehead atoms. The smallest absolute Gasteiger partial charge is 0.242 e. The molecule has 0 radical (unpaired) electrons. The number of aromatic nitrogens is 1. The Morgan fingerprint density at radius 1 is 1.47 bits per heavy atom. The van der Waals surface area contributed by atoms with Crippen LogP contribution in [0.3, 0.4) is 0 Å². The summed E-state index contributed by atoms with van der Waals surface area (Å²) in [5.41, 5.74) is 6.64. The van der Waals surface area contributed by atoms with Gasteiger partial charge in [0.2, 0.25) is 11.8 Å². The normalized spacial score (nSPS) is 11.6. The Balaban J connectivity index is 2.50. The molecular formula is C11H16N4O2. The molecule has 6 heteroatoms. The third-order valence-corrected chi connectivity index (χ3v) is 2.21. The Morgan fingerprint density at radius 3 is 2.71 bits per heavy atom. The first-order valence-corrected chi connectivity index (χ1v) is 5.24. The van der Waals surface area contributed by atoms with Gasteiger partial charge in [0.25, 0.3) is 0 Å². The van der Waals surface area contributed by atoms with Gasteiger partial charge in [-0.2, -0.15) is 0 Å². The Hall–Kier alpha value is -2.11. The van der Waals surface area contributed by atoms with Gasteiger partial charge in [0.15, 0.2) is 0 Å². The summed E-state index contributed by atoms with van der Waals surface area (Å²) in [4.78, 5) is 26.8. The Kier molecular flexibility index (Phi) is 4.45. The molecule has 0 saturated heterocycles. The van der Waals surface area contributed by atoms with E-state index in [9.17, 15) is 9.59 Å². The van der Waals surface area contributed by atoms with Crippen molar-refractivity contribution in [2.24, 2.45) is 0 Å². The number of nitrogen functional groups attached to an aromatic ring is 1. The highest BCUT2D eigenvalue weighted by atomic mass is 16.2. The van der Waals surface area contributed by atoms with Crippen LogP contribution in [0.4, 0.5) is 5.69 Å². The van der Waals surface area contributed by atoms with Crippen LogP contribution in [0, 0.1) is 0 Å². The number of carbonyl (C=O) groups excluding carboxylic acids is 2. The number of pyridine rings is 1. The summed E-state index contributed by atoms with van der Waals surface area (Å²) in [6.07, 6.45) is 1.62. The average molecular weight is 236 g/mol. The number of nitrogens with two attached hydrogens (primary N) is 1. The van der Waals surface area contributed by atoms with Crippen molar-refractivity contribution in [1.82, 2.24) is 15.6 Å². The SMILES string of the molecule is CNC(=O)C(C)NC(=O)Cc1ccc(N)cn1. The summed E-state index contributed by atoms with van der Waals surface area (Å²) >= 11 is 0. The largest absolute Gasteiger partial charge is 0.397 e. The lowest BCUT2D eigenvalue weighted by Gasteiger charge is -2.11. The van der Waals surface area contributed by atoms with Crippen molar-refractivity contribution in [2.75, 3.05) is 12.8 Å². The zero-order valence-electron chi connectivity index (χ0n) is 9.86. The Labute approximate surface area is 99.6 Å². The molecule has 1 unspecified atom stereocenters. The van der Waals surface area contributed by atoms with E-state index in [1.165, 1.54) is 13.2 Å². The van der Waals surface area contributed by atoms with Gasteiger partial charge in [0.1, 0.15) is 6.04 Å².